The Bertz CT molecular complexity index is 307. The molecule has 84 valence electrons. The maximum absolute atomic E-state index is 9.22. The zero-order valence-electron chi connectivity index (χ0n) is 9.23. The Morgan fingerprint density at radius 2 is 2.07 bits per heavy atom. The molecule has 0 radical (unpaired) electrons. The summed E-state index contributed by atoms with van der Waals surface area (Å²) in [6.07, 6.45) is 0. The quantitative estimate of drug-likeness (QED) is 0.780. The summed E-state index contributed by atoms with van der Waals surface area (Å²) in [6, 6.07) is 6.98. The molecule has 3 nitrogen and oxygen atoms in total. The number of hydrogen-bond donors (Lipinski definition) is 2. The summed E-state index contributed by atoms with van der Waals surface area (Å²) in [5.74, 6) is 0.248. The van der Waals surface area contributed by atoms with Gasteiger partial charge in [0.2, 0.25) is 0 Å². The molecule has 0 amide bonds. The van der Waals surface area contributed by atoms with E-state index in [4.69, 9.17) is 9.84 Å². The van der Waals surface area contributed by atoms with Gasteiger partial charge in [-0.25, -0.2) is 0 Å². The highest BCUT2D eigenvalue weighted by atomic mass is 16.5. The van der Waals surface area contributed by atoms with E-state index in [0.29, 0.717) is 13.2 Å². The molecule has 1 rings (SSSR count). The second-order valence-electron chi connectivity index (χ2n) is 4.49. The highest BCUT2D eigenvalue weighted by Gasteiger charge is 2.16. The smallest absolute Gasteiger partial charge is 0.115 e. The van der Waals surface area contributed by atoms with Crippen molar-refractivity contribution in [3.05, 3.63) is 29.8 Å². The number of benzene rings is 1. The summed E-state index contributed by atoms with van der Waals surface area (Å²) in [4.78, 5) is 0. The number of ether oxygens (including phenoxy) is 1. The van der Waals surface area contributed by atoms with Crippen LogP contribution in [0.3, 0.4) is 0 Å². The Labute approximate surface area is 90.3 Å². The van der Waals surface area contributed by atoms with Crippen molar-refractivity contribution in [3.63, 3.8) is 0 Å². The molecule has 0 aliphatic heterocycles. The van der Waals surface area contributed by atoms with Gasteiger partial charge in [0, 0.05) is 5.41 Å². The predicted molar refractivity (Wildman–Crippen MR) is 58.6 cm³/mol. The molecule has 2 N–H and O–H groups in total. The molecule has 0 saturated heterocycles. The molecule has 1 aromatic rings. The fourth-order valence-corrected chi connectivity index (χ4v) is 1.14. The van der Waals surface area contributed by atoms with Gasteiger partial charge in [0.15, 0.2) is 0 Å². The number of phenols is 1. The van der Waals surface area contributed by atoms with Crippen molar-refractivity contribution in [1.82, 2.24) is 0 Å². The van der Waals surface area contributed by atoms with Crippen LogP contribution in [0, 0.1) is 5.41 Å². The highest BCUT2D eigenvalue weighted by Crippen LogP contribution is 2.16. The number of aliphatic hydroxyl groups is 1. The summed E-state index contributed by atoms with van der Waals surface area (Å²) in [5, 5.41) is 18.2. The van der Waals surface area contributed by atoms with Crippen molar-refractivity contribution in [3.8, 4) is 5.75 Å². The van der Waals surface area contributed by atoms with Gasteiger partial charge < -0.3 is 14.9 Å². The summed E-state index contributed by atoms with van der Waals surface area (Å²) < 4.78 is 5.46. The van der Waals surface area contributed by atoms with Gasteiger partial charge in [0.1, 0.15) is 5.75 Å². The first kappa shape index (κ1) is 12.0. The van der Waals surface area contributed by atoms with Gasteiger partial charge in [-0.3, -0.25) is 0 Å². The summed E-state index contributed by atoms with van der Waals surface area (Å²) in [7, 11) is 0. The number of rotatable bonds is 5. The zero-order valence-corrected chi connectivity index (χ0v) is 9.23. The first-order valence-corrected chi connectivity index (χ1v) is 5.00. The molecular formula is C12H18O3. The van der Waals surface area contributed by atoms with Crippen LogP contribution in [0.2, 0.25) is 0 Å². The molecule has 3 heteroatoms. The Morgan fingerprint density at radius 1 is 1.33 bits per heavy atom. The van der Waals surface area contributed by atoms with E-state index in [1.165, 1.54) is 0 Å². The lowest BCUT2D eigenvalue weighted by molar-refractivity contribution is 0.0197. The maximum atomic E-state index is 9.22. The minimum absolute atomic E-state index is 0.104. The van der Waals surface area contributed by atoms with Crippen LogP contribution in [0.1, 0.15) is 19.4 Å². The molecule has 0 saturated carbocycles. The van der Waals surface area contributed by atoms with Crippen LogP contribution in [0.5, 0.6) is 5.75 Å². The Balaban J connectivity index is 2.38. The molecule has 0 aromatic heterocycles. The van der Waals surface area contributed by atoms with Crippen molar-refractivity contribution in [2.75, 3.05) is 13.2 Å². The van der Waals surface area contributed by atoms with E-state index < -0.39 is 0 Å². The van der Waals surface area contributed by atoms with Gasteiger partial charge in [-0.1, -0.05) is 26.0 Å². The van der Waals surface area contributed by atoms with Crippen LogP contribution in [0.4, 0.5) is 0 Å². The first-order chi connectivity index (χ1) is 7.03. The normalized spacial score (nSPS) is 11.7. The van der Waals surface area contributed by atoms with Crippen molar-refractivity contribution in [1.29, 1.82) is 0 Å². The Hall–Kier alpha value is -1.06. The van der Waals surface area contributed by atoms with Crippen molar-refractivity contribution in [2.24, 2.45) is 5.41 Å². The maximum Gasteiger partial charge on any atom is 0.115 e. The number of aliphatic hydroxyl groups excluding tert-OH is 1. The molecule has 0 bridgehead atoms. The fourth-order valence-electron chi connectivity index (χ4n) is 1.14. The molecule has 0 aliphatic carbocycles. The average Bonchev–Trinajstić information content (AvgIpc) is 2.18. The summed E-state index contributed by atoms with van der Waals surface area (Å²) >= 11 is 0. The van der Waals surface area contributed by atoms with E-state index in [1.807, 2.05) is 19.9 Å². The topological polar surface area (TPSA) is 49.7 Å². The second kappa shape index (κ2) is 5.14. The standard InChI is InChI=1S/C12H18O3/c1-12(2,8-13)9-15-7-10-4-3-5-11(14)6-10/h3-6,13-14H,7-9H2,1-2H3. The second-order valence-corrected chi connectivity index (χ2v) is 4.49. The molecule has 0 fully saturated rings. The SMILES string of the molecule is CC(C)(CO)COCc1cccc(O)c1. The molecule has 0 heterocycles. The lowest BCUT2D eigenvalue weighted by Gasteiger charge is -2.21. The monoisotopic (exact) mass is 210 g/mol. The van der Waals surface area contributed by atoms with E-state index in [9.17, 15) is 5.11 Å². The van der Waals surface area contributed by atoms with Crippen molar-refractivity contribution >= 4 is 0 Å². The molecule has 0 spiro atoms. The molecule has 15 heavy (non-hydrogen) atoms. The number of phenolic OH excluding ortho intramolecular Hbond substituents is 1. The average molecular weight is 210 g/mol. The van der Waals surface area contributed by atoms with Gasteiger partial charge in [0.25, 0.3) is 0 Å². The van der Waals surface area contributed by atoms with Gasteiger partial charge in [-0.2, -0.15) is 0 Å². The van der Waals surface area contributed by atoms with Crippen LogP contribution in [-0.4, -0.2) is 23.4 Å². The summed E-state index contributed by atoms with van der Waals surface area (Å²) in [6.45, 7) is 4.94. The summed E-state index contributed by atoms with van der Waals surface area (Å²) in [5.41, 5.74) is 0.723. The predicted octanol–water partition coefficient (Wildman–Crippen LogP) is 1.93. The molecule has 1 aromatic carbocycles. The Kier molecular flexibility index (Phi) is 4.12. The van der Waals surface area contributed by atoms with Gasteiger partial charge in [-0.15, -0.1) is 0 Å². The van der Waals surface area contributed by atoms with Gasteiger partial charge in [0.05, 0.1) is 19.8 Å². The molecule has 0 aliphatic rings. The third-order valence-corrected chi connectivity index (χ3v) is 2.10. The highest BCUT2D eigenvalue weighted by molar-refractivity contribution is 5.26. The lowest BCUT2D eigenvalue weighted by atomic mass is 9.97. The van der Waals surface area contributed by atoms with Crippen LogP contribution in [0.15, 0.2) is 24.3 Å². The number of hydrogen-bond acceptors (Lipinski definition) is 3. The van der Waals surface area contributed by atoms with Crippen molar-refractivity contribution in [2.45, 2.75) is 20.5 Å². The van der Waals surface area contributed by atoms with Crippen molar-refractivity contribution < 1.29 is 14.9 Å². The molecular weight excluding hydrogens is 192 g/mol. The van der Waals surface area contributed by atoms with Crippen LogP contribution in [-0.2, 0) is 11.3 Å². The fraction of sp³-hybridized carbons (Fsp3) is 0.500. The van der Waals surface area contributed by atoms with Crippen LogP contribution < -0.4 is 0 Å². The van der Waals surface area contributed by atoms with E-state index in [1.54, 1.807) is 18.2 Å². The minimum atomic E-state index is -0.211. The lowest BCUT2D eigenvalue weighted by Crippen LogP contribution is -2.23. The van der Waals surface area contributed by atoms with E-state index in [-0.39, 0.29) is 17.8 Å². The van der Waals surface area contributed by atoms with Gasteiger partial charge >= 0.3 is 0 Å². The van der Waals surface area contributed by atoms with E-state index >= 15 is 0 Å². The van der Waals surface area contributed by atoms with E-state index in [0.717, 1.165) is 5.56 Å². The zero-order chi connectivity index (χ0) is 11.3. The Morgan fingerprint density at radius 3 is 2.67 bits per heavy atom. The first-order valence-electron chi connectivity index (χ1n) is 5.00. The van der Waals surface area contributed by atoms with E-state index in [2.05, 4.69) is 0 Å². The molecule has 0 atom stereocenters. The third kappa shape index (κ3) is 4.32. The minimum Gasteiger partial charge on any atom is -0.508 e. The molecule has 0 unspecified atom stereocenters. The largest absolute Gasteiger partial charge is 0.508 e. The third-order valence-electron chi connectivity index (χ3n) is 2.10. The van der Waals surface area contributed by atoms with Crippen LogP contribution >= 0.6 is 0 Å². The van der Waals surface area contributed by atoms with Crippen LogP contribution in [0.25, 0.3) is 0 Å². The number of aromatic hydroxyl groups is 1. The van der Waals surface area contributed by atoms with Gasteiger partial charge in [-0.05, 0) is 17.7 Å².